The van der Waals surface area contributed by atoms with Crippen molar-refractivity contribution in [2.45, 2.75) is 56.5 Å². The quantitative estimate of drug-likeness (QED) is 0.707. The van der Waals surface area contributed by atoms with Crippen LogP contribution in [0, 0.1) is 17.8 Å². The van der Waals surface area contributed by atoms with Crippen molar-refractivity contribution in [3.63, 3.8) is 0 Å². The van der Waals surface area contributed by atoms with Crippen LogP contribution >= 0.6 is 0 Å². The number of carbonyl (C=O) groups is 2. The standard InChI is InChI=1S/C14H22N2O3/c15-14(5-1-2-6-14)13(19)16-11-9-4-3-8(7-9)10(11)12(17)18/h8-11H,1-7,15H2,(H,16,19)(H,17,18). The number of hydrogen-bond donors (Lipinski definition) is 3. The van der Waals surface area contributed by atoms with E-state index >= 15 is 0 Å². The number of hydrogen-bond acceptors (Lipinski definition) is 3. The van der Waals surface area contributed by atoms with Crippen LogP contribution in [0.2, 0.25) is 0 Å². The van der Waals surface area contributed by atoms with Crippen molar-refractivity contribution < 1.29 is 14.7 Å². The summed E-state index contributed by atoms with van der Waals surface area (Å²) in [7, 11) is 0. The third-order valence-electron chi connectivity index (χ3n) is 5.45. The second kappa shape index (κ2) is 4.47. The number of carboxylic acids is 1. The number of carboxylic acid groups (broad SMARTS) is 1. The summed E-state index contributed by atoms with van der Waals surface area (Å²) in [6.07, 6.45) is 6.39. The molecular formula is C14H22N2O3. The van der Waals surface area contributed by atoms with Crippen LogP contribution in [0.15, 0.2) is 0 Å². The third-order valence-corrected chi connectivity index (χ3v) is 5.45. The highest BCUT2D eigenvalue weighted by Gasteiger charge is 2.52. The molecule has 0 aromatic heterocycles. The lowest BCUT2D eigenvalue weighted by Gasteiger charge is -2.32. The monoisotopic (exact) mass is 266 g/mol. The van der Waals surface area contributed by atoms with E-state index in [1.54, 1.807) is 0 Å². The lowest BCUT2D eigenvalue weighted by atomic mass is 9.83. The third kappa shape index (κ3) is 2.04. The maximum atomic E-state index is 12.3. The van der Waals surface area contributed by atoms with Crippen molar-refractivity contribution in [1.82, 2.24) is 5.32 Å². The maximum Gasteiger partial charge on any atom is 0.308 e. The lowest BCUT2D eigenvalue weighted by molar-refractivity contribution is -0.145. The number of nitrogens with one attached hydrogen (secondary N) is 1. The van der Waals surface area contributed by atoms with Crippen molar-refractivity contribution in [2.24, 2.45) is 23.5 Å². The predicted octanol–water partition coefficient (Wildman–Crippen LogP) is 0.873. The minimum Gasteiger partial charge on any atom is -0.481 e. The Morgan fingerprint density at radius 2 is 1.79 bits per heavy atom. The highest BCUT2D eigenvalue weighted by atomic mass is 16.4. The van der Waals surface area contributed by atoms with Crippen LogP contribution in [0.25, 0.3) is 0 Å². The van der Waals surface area contributed by atoms with Crippen LogP contribution in [0.5, 0.6) is 0 Å². The molecule has 0 heterocycles. The Morgan fingerprint density at radius 3 is 2.42 bits per heavy atom. The van der Waals surface area contributed by atoms with E-state index in [0.29, 0.717) is 5.92 Å². The summed E-state index contributed by atoms with van der Waals surface area (Å²) in [6.45, 7) is 0. The molecule has 2 bridgehead atoms. The van der Waals surface area contributed by atoms with E-state index in [0.717, 1.165) is 44.9 Å². The van der Waals surface area contributed by atoms with Gasteiger partial charge in [0.25, 0.3) is 0 Å². The van der Waals surface area contributed by atoms with Crippen LogP contribution < -0.4 is 11.1 Å². The number of fused-ring (bicyclic) bond motifs is 2. The van der Waals surface area contributed by atoms with Crippen LogP contribution in [-0.2, 0) is 9.59 Å². The molecule has 5 nitrogen and oxygen atoms in total. The molecule has 4 N–H and O–H groups in total. The molecule has 0 aliphatic heterocycles. The second-order valence-electron chi connectivity index (χ2n) is 6.56. The SMILES string of the molecule is NC1(C(=O)NC2C3CCC(C3)C2C(=O)O)CCCC1. The first-order valence-electron chi connectivity index (χ1n) is 7.34. The van der Waals surface area contributed by atoms with E-state index in [1.807, 2.05) is 0 Å². The van der Waals surface area contributed by atoms with E-state index in [2.05, 4.69) is 5.32 Å². The van der Waals surface area contributed by atoms with Gasteiger partial charge in [-0.2, -0.15) is 0 Å². The normalized spacial score (nSPS) is 39.4. The predicted molar refractivity (Wildman–Crippen MR) is 69.3 cm³/mol. The average molecular weight is 266 g/mol. The first-order valence-corrected chi connectivity index (χ1v) is 7.34. The van der Waals surface area contributed by atoms with Gasteiger partial charge in [0.1, 0.15) is 0 Å². The van der Waals surface area contributed by atoms with Crippen LogP contribution in [0.4, 0.5) is 0 Å². The van der Waals surface area contributed by atoms with E-state index in [-0.39, 0.29) is 17.9 Å². The van der Waals surface area contributed by atoms with Gasteiger partial charge < -0.3 is 16.2 Å². The Labute approximate surface area is 112 Å². The van der Waals surface area contributed by atoms with Crippen molar-refractivity contribution in [1.29, 1.82) is 0 Å². The molecule has 3 aliphatic carbocycles. The number of rotatable bonds is 3. The summed E-state index contributed by atoms with van der Waals surface area (Å²) < 4.78 is 0. The summed E-state index contributed by atoms with van der Waals surface area (Å²) >= 11 is 0. The zero-order valence-electron chi connectivity index (χ0n) is 11.1. The molecule has 0 aromatic carbocycles. The number of nitrogens with two attached hydrogens (primary N) is 1. The molecule has 3 aliphatic rings. The van der Waals surface area contributed by atoms with Crippen molar-refractivity contribution in [3.8, 4) is 0 Å². The van der Waals surface area contributed by atoms with Crippen LogP contribution in [0.1, 0.15) is 44.9 Å². The average Bonchev–Trinajstić information content (AvgIpc) is 3.04. The first kappa shape index (κ1) is 12.9. The van der Waals surface area contributed by atoms with Crippen LogP contribution in [-0.4, -0.2) is 28.6 Å². The van der Waals surface area contributed by atoms with Gasteiger partial charge >= 0.3 is 5.97 Å². The molecule has 3 saturated carbocycles. The van der Waals surface area contributed by atoms with Crippen molar-refractivity contribution in [3.05, 3.63) is 0 Å². The van der Waals surface area contributed by atoms with E-state index in [9.17, 15) is 14.7 Å². The summed E-state index contributed by atoms with van der Waals surface area (Å²) in [6, 6.07) is -0.204. The van der Waals surface area contributed by atoms with Crippen molar-refractivity contribution >= 4 is 11.9 Å². The highest BCUT2D eigenvalue weighted by molar-refractivity contribution is 5.87. The molecule has 4 atom stereocenters. The van der Waals surface area contributed by atoms with Gasteiger partial charge in [-0.1, -0.05) is 12.8 Å². The Bertz CT molecular complexity index is 403. The summed E-state index contributed by atoms with van der Waals surface area (Å²) in [5.41, 5.74) is 5.38. The largest absolute Gasteiger partial charge is 0.481 e. The fraction of sp³-hybridized carbons (Fsp3) is 0.857. The molecular weight excluding hydrogens is 244 g/mol. The lowest BCUT2D eigenvalue weighted by Crippen LogP contribution is -2.57. The molecule has 0 saturated heterocycles. The van der Waals surface area contributed by atoms with Gasteiger partial charge in [0, 0.05) is 6.04 Å². The molecule has 106 valence electrons. The topological polar surface area (TPSA) is 92.4 Å². The zero-order chi connectivity index (χ0) is 13.6. The second-order valence-corrected chi connectivity index (χ2v) is 6.56. The van der Waals surface area contributed by atoms with Gasteiger partial charge in [-0.25, -0.2) is 0 Å². The molecule has 3 rings (SSSR count). The molecule has 1 amide bonds. The van der Waals surface area contributed by atoms with Gasteiger partial charge in [-0.05, 0) is 43.9 Å². The summed E-state index contributed by atoms with van der Waals surface area (Å²) in [4.78, 5) is 23.7. The van der Waals surface area contributed by atoms with Gasteiger partial charge in [0.2, 0.25) is 5.91 Å². The molecule has 0 spiro atoms. The van der Waals surface area contributed by atoms with E-state index in [1.165, 1.54) is 0 Å². The fourth-order valence-electron chi connectivity index (χ4n) is 4.38. The van der Waals surface area contributed by atoms with Gasteiger partial charge in [0.15, 0.2) is 0 Å². The smallest absolute Gasteiger partial charge is 0.308 e. The van der Waals surface area contributed by atoms with Crippen molar-refractivity contribution in [2.75, 3.05) is 0 Å². The van der Waals surface area contributed by atoms with Gasteiger partial charge in [-0.3, -0.25) is 9.59 Å². The Hall–Kier alpha value is -1.10. The fourth-order valence-corrected chi connectivity index (χ4v) is 4.38. The van der Waals surface area contributed by atoms with E-state index < -0.39 is 17.4 Å². The Balaban J connectivity index is 1.72. The molecule has 3 fully saturated rings. The zero-order valence-corrected chi connectivity index (χ0v) is 11.1. The van der Waals surface area contributed by atoms with E-state index in [4.69, 9.17) is 5.73 Å². The molecule has 5 heteroatoms. The maximum absolute atomic E-state index is 12.3. The Morgan fingerprint density at radius 1 is 1.16 bits per heavy atom. The minimum absolute atomic E-state index is 0.131. The summed E-state index contributed by atoms with van der Waals surface area (Å²) in [5.74, 6) is -0.735. The number of aliphatic carboxylic acids is 1. The molecule has 19 heavy (non-hydrogen) atoms. The van der Waals surface area contributed by atoms with Gasteiger partial charge in [-0.15, -0.1) is 0 Å². The minimum atomic E-state index is -0.769. The number of amides is 1. The van der Waals surface area contributed by atoms with Crippen LogP contribution in [0.3, 0.4) is 0 Å². The highest BCUT2D eigenvalue weighted by Crippen LogP contribution is 2.48. The number of carbonyl (C=O) groups excluding carboxylic acids is 1. The Kier molecular flexibility index (Phi) is 3.04. The molecule has 0 aromatic rings. The van der Waals surface area contributed by atoms with Gasteiger partial charge in [0.05, 0.1) is 11.5 Å². The summed E-state index contributed by atoms with van der Waals surface area (Å²) in [5, 5.41) is 12.3. The first-order chi connectivity index (χ1) is 9.01. The molecule has 0 radical (unpaired) electrons. The molecule has 4 unspecified atom stereocenters.